The van der Waals surface area contributed by atoms with Gasteiger partial charge in [0.1, 0.15) is 11.6 Å². The molecule has 1 heterocycles. The number of halogens is 1. The molecule has 0 bridgehead atoms. The average Bonchev–Trinajstić information content (AvgIpc) is 3.09. The van der Waals surface area contributed by atoms with Crippen LogP contribution in [0.2, 0.25) is 0 Å². The maximum Gasteiger partial charge on any atom is 0.120 e. The molecule has 0 radical (unpaired) electrons. The number of rotatable bonds is 4. The van der Waals surface area contributed by atoms with E-state index in [1.807, 2.05) is 12.3 Å². The molecule has 3 N–H and O–H groups in total. The van der Waals surface area contributed by atoms with Gasteiger partial charge in [0, 0.05) is 29.9 Å². The Balaban J connectivity index is 1.52. The summed E-state index contributed by atoms with van der Waals surface area (Å²) in [7, 11) is 0. The van der Waals surface area contributed by atoms with Crippen LogP contribution in [-0.4, -0.2) is 24.0 Å². The quantitative estimate of drug-likeness (QED) is 0.669. The van der Waals surface area contributed by atoms with E-state index in [1.165, 1.54) is 5.57 Å². The fraction of sp³-hybridized carbons (Fsp3) is 0.214. The Morgan fingerprint density at radius 2 is 2.32 bits per heavy atom. The summed E-state index contributed by atoms with van der Waals surface area (Å²) in [5, 5.41) is 16.2. The van der Waals surface area contributed by atoms with Gasteiger partial charge in [0.2, 0.25) is 0 Å². The first-order valence-electron chi connectivity index (χ1n) is 6.07. The molecule has 0 saturated carbocycles. The second-order valence-electron chi connectivity index (χ2n) is 4.61. The van der Waals surface area contributed by atoms with Crippen molar-refractivity contribution >= 4 is 28.4 Å². The van der Waals surface area contributed by atoms with Gasteiger partial charge in [-0.05, 0) is 34.2 Å². The van der Waals surface area contributed by atoms with E-state index in [4.69, 9.17) is 0 Å². The molecule has 0 aromatic carbocycles. The van der Waals surface area contributed by atoms with E-state index in [2.05, 4.69) is 50.9 Å². The van der Waals surface area contributed by atoms with Gasteiger partial charge in [0.05, 0.1) is 10.1 Å². The molecule has 98 valence electrons. The molecule has 0 aromatic heterocycles. The molecule has 3 rings (SSSR count). The minimum absolute atomic E-state index is 0.342. The second-order valence-corrected chi connectivity index (χ2v) is 5.78. The summed E-state index contributed by atoms with van der Waals surface area (Å²) in [5.74, 6) is 1.62. The van der Waals surface area contributed by atoms with Crippen LogP contribution in [0.3, 0.4) is 0 Å². The monoisotopic (exact) mass is 367 g/mol. The van der Waals surface area contributed by atoms with Gasteiger partial charge in [-0.1, -0.05) is 18.7 Å². The molecule has 3 aliphatic rings. The van der Waals surface area contributed by atoms with Crippen molar-refractivity contribution in [1.29, 1.82) is 0 Å². The Bertz CT molecular complexity index is 596. The number of nitrogens with zero attached hydrogens (tertiary/aromatic N) is 1. The van der Waals surface area contributed by atoms with Crippen LogP contribution in [0.25, 0.3) is 0 Å². The fourth-order valence-corrected chi connectivity index (χ4v) is 2.53. The summed E-state index contributed by atoms with van der Waals surface area (Å²) in [4.78, 5) is 4.31. The molecular formula is C14H14IN3O. The molecular weight excluding hydrogens is 353 g/mol. The van der Waals surface area contributed by atoms with E-state index in [-0.39, 0.29) is 0 Å². The van der Waals surface area contributed by atoms with Crippen LogP contribution in [0.4, 0.5) is 0 Å². The first-order valence-corrected chi connectivity index (χ1v) is 7.15. The Hall–Kier alpha value is -1.34. The maximum absolute atomic E-state index is 9.67. The number of aliphatic imine (C=N–C) groups is 1. The van der Waals surface area contributed by atoms with E-state index in [0.29, 0.717) is 18.2 Å². The van der Waals surface area contributed by atoms with Gasteiger partial charge < -0.3 is 15.7 Å². The zero-order chi connectivity index (χ0) is 13.4. The third-order valence-electron chi connectivity index (χ3n) is 3.31. The number of hydrogen-bond acceptors (Lipinski definition) is 4. The van der Waals surface area contributed by atoms with Crippen LogP contribution in [0.1, 0.15) is 0 Å². The van der Waals surface area contributed by atoms with E-state index in [9.17, 15) is 5.11 Å². The molecule has 0 aromatic rings. The van der Waals surface area contributed by atoms with Crippen LogP contribution in [0.5, 0.6) is 0 Å². The fourth-order valence-electron chi connectivity index (χ4n) is 2.26. The van der Waals surface area contributed by atoms with Gasteiger partial charge in [-0.25, -0.2) is 4.99 Å². The van der Waals surface area contributed by atoms with Crippen molar-refractivity contribution in [3.05, 3.63) is 57.2 Å². The first kappa shape index (κ1) is 12.7. The second kappa shape index (κ2) is 4.97. The van der Waals surface area contributed by atoms with Gasteiger partial charge in [0.15, 0.2) is 0 Å². The summed E-state index contributed by atoms with van der Waals surface area (Å²) in [5.41, 5.74) is 3.23. The Morgan fingerprint density at radius 1 is 1.47 bits per heavy atom. The molecule has 0 saturated heterocycles. The zero-order valence-electron chi connectivity index (χ0n) is 10.3. The number of fused-ring (bicyclic) bond motifs is 1. The minimum atomic E-state index is 0.342. The summed E-state index contributed by atoms with van der Waals surface area (Å²) in [6.07, 6.45) is 7.56. The number of hydrogen-bond donors (Lipinski definition) is 3. The van der Waals surface area contributed by atoms with Crippen molar-refractivity contribution in [2.24, 2.45) is 10.9 Å². The van der Waals surface area contributed by atoms with Crippen LogP contribution < -0.4 is 10.6 Å². The van der Waals surface area contributed by atoms with E-state index in [1.54, 1.807) is 6.08 Å². The molecule has 1 atom stereocenters. The predicted molar refractivity (Wildman–Crippen MR) is 85.1 cm³/mol. The molecule has 4 nitrogen and oxygen atoms in total. The molecule has 0 amide bonds. The number of aliphatic hydroxyl groups excluding tert-OH is 1. The standard InChI is InChI=1S/C14H14IN3O/c1-8-11(15)6-17-13(18-8)7-16-5-10-9-3-2-4-12(19)14(9)10/h2-4,6,9,16,19H,1,5,7H2,(H,17,18)/t9-/m0/s1. The molecule has 0 unspecified atom stereocenters. The summed E-state index contributed by atoms with van der Waals surface area (Å²) < 4.78 is 1.03. The third-order valence-corrected chi connectivity index (χ3v) is 4.24. The van der Waals surface area contributed by atoms with Gasteiger partial charge in [0.25, 0.3) is 0 Å². The molecule has 1 aliphatic heterocycles. The lowest BCUT2D eigenvalue weighted by Gasteiger charge is -2.15. The molecule has 2 aliphatic carbocycles. The van der Waals surface area contributed by atoms with Crippen LogP contribution in [-0.2, 0) is 0 Å². The predicted octanol–water partition coefficient (Wildman–Crippen LogP) is 2.31. The summed E-state index contributed by atoms with van der Waals surface area (Å²) >= 11 is 2.20. The molecule has 0 spiro atoms. The van der Waals surface area contributed by atoms with Crippen molar-refractivity contribution in [3.63, 3.8) is 0 Å². The van der Waals surface area contributed by atoms with Crippen molar-refractivity contribution in [1.82, 2.24) is 10.6 Å². The lowest BCUT2D eigenvalue weighted by molar-refractivity contribution is 0.423. The number of nitrogens with one attached hydrogen (secondary N) is 2. The summed E-state index contributed by atoms with van der Waals surface area (Å²) in [6, 6.07) is 0. The number of amidine groups is 1. The normalized spacial score (nSPS) is 24.4. The highest BCUT2D eigenvalue weighted by Gasteiger charge is 2.37. The average molecular weight is 367 g/mol. The van der Waals surface area contributed by atoms with Crippen LogP contribution in [0, 0.1) is 5.92 Å². The van der Waals surface area contributed by atoms with Gasteiger partial charge in [-0.15, -0.1) is 0 Å². The van der Waals surface area contributed by atoms with E-state index < -0.39 is 0 Å². The highest BCUT2D eigenvalue weighted by atomic mass is 127. The van der Waals surface area contributed by atoms with Crippen molar-refractivity contribution in [2.45, 2.75) is 0 Å². The van der Waals surface area contributed by atoms with E-state index in [0.717, 1.165) is 27.2 Å². The molecule has 0 fully saturated rings. The zero-order valence-corrected chi connectivity index (χ0v) is 12.4. The van der Waals surface area contributed by atoms with E-state index >= 15 is 0 Å². The van der Waals surface area contributed by atoms with Crippen molar-refractivity contribution < 1.29 is 5.11 Å². The third kappa shape index (κ3) is 2.52. The van der Waals surface area contributed by atoms with Gasteiger partial charge in [-0.2, -0.15) is 0 Å². The Kier molecular flexibility index (Phi) is 3.32. The molecule has 5 heteroatoms. The van der Waals surface area contributed by atoms with Crippen molar-refractivity contribution in [2.75, 3.05) is 13.1 Å². The smallest absolute Gasteiger partial charge is 0.120 e. The van der Waals surface area contributed by atoms with Crippen LogP contribution in [0.15, 0.2) is 62.2 Å². The first-order chi connectivity index (χ1) is 9.16. The SMILES string of the molecule is C=C1NC(CNCC2=C3C(O)=CC=C[C@@H]23)=NC=C1I. The largest absolute Gasteiger partial charge is 0.508 e. The topological polar surface area (TPSA) is 56.6 Å². The summed E-state index contributed by atoms with van der Waals surface area (Å²) in [6.45, 7) is 5.35. The maximum atomic E-state index is 9.67. The Labute approximate surface area is 125 Å². The number of allylic oxidation sites excluding steroid dienone is 5. The highest BCUT2D eigenvalue weighted by Crippen LogP contribution is 2.45. The number of aliphatic hydroxyl groups is 1. The lowest BCUT2D eigenvalue weighted by atomic mass is 10.1. The van der Waals surface area contributed by atoms with Crippen molar-refractivity contribution in [3.8, 4) is 0 Å². The Morgan fingerprint density at radius 3 is 3.05 bits per heavy atom. The van der Waals surface area contributed by atoms with Gasteiger partial charge >= 0.3 is 0 Å². The minimum Gasteiger partial charge on any atom is -0.508 e. The van der Waals surface area contributed by atoms with Crippen LogP contribution >= 0.6 is 22.6 Å². The van der Waals surface area contributed by atoms with Gasteiger partial charge in [-0.3, -0.25) is 0 Å². The highest BCUT2D eigenvalue weighted by molar-refractivity contribution is 14.1. The molecule has 19 heavy (non-hydrogen) atoms. The lowest BCUT2D eigenvalue weighted by Crippen LogP contribution is -2.35.